The Morgan fingerprint density at radius 1 is 1.22 bits per heavy atom. The normalized spacial score (nSPS) is 9.11. The topological polar surface area (TPSA) is 12.0 Å². The van der Waals surface area contributed by atoms with Gasteiger partial charge in [0.05, 0.1) is 0 Å². The summed E-state index contributed by atoms with van der Waals surface area (Å²) < 4.78 is 3.12. The van der Waals surface area contributed by atoms with E-state index in [2.05, 4.69) is 35.4 Å². The fraction of sp³-hybridized carbons (Fsp3) is 0.143. The van der Waals surface area contributed by atoms with Gasteiger partial charge in [-0.2, -0.15) is 0 Å². The van der Waals surface area contributed by atoms with E-state index in [1.807, 2.05) is 0 Å². The Kier molecular flexibility index (Phi) is 2.18. The SMILES string of the molecule is Cc1ccc(N[AsH2])cc1. The Hall–Kier alpha value is -0.422. The van der Waals surface area contributed by atoms with E-state index in [9.17, 15) is 0 Å². The maximum absolute atomic E-state index is 3.12. The molecular formula is C7H10AsN. The molecule has 0 saturated carbocycles. The molecule has 1 atom stereocenters. The second kappa shape index (κ2) is 2.93. The zero-order valence-electron chi connectivity index (χ0n) is 5.39. The number of hydrogen-bond donors (Lipinski definition) is 1. The van der Waals surface area contributed by atoms with Crippen LogP contribution in [0.2, 0.25) is 0 Å². The van der Waals surface area contributed by atoms with Crippen LogP contribution < -0.4 is 4.23 Å². The van der Waals surface area contributed by atoms with Crippen LogP contribution in [-0.2, 0) is 0 Å². The van der Waals surface area contributed by atoms with Crippen LogP contribution in [0.4, 0.5) is 5.69 Å². The van der Waals surface area contributed by atoms with E-state index >= 15 is 0 Å². The Morgan fingerprint density at radius 3 is 2.22 bits per heavy atom. The van der Waals surface area contributed by atoms with Crippen LogP contribution in [0.15, 0.2) is 24.3 Å². The predicted octanol–water partition coefficient (Wildman–Crippen LogP) is 0.955. The third kappa shape index (κ3) is 1.76. The molecule has 0 radical (unpaired) electrons. The molecule has 0 aliphatic carbocycles. The van der Waals surface area contributed by atoms with Crippen LogP contribution in [-0.4, -0.2) is 17.1 Å². The molecule has 0 bridgehead atoms. The number of nitrogens with one attached hydrogen (secondary N) is 1. The van der Waals surface area contributed by atoms with E-state index in [1.54, 1.807) is 0 Å². The minimum absolute atomic E-state index is 1.20. The summed E-state index contributed by atoms with van der Waals surface area (Å²) in [6.07, 6.45) is 0. The van der Waals surface area contributed by atoms with Crippen molar-refractivity contribution in [2.75, 3.05) is 4.23 Å². The standard InChI is InChI=1S/C7H10AsN/c1-6-2-4-7(9-8)5-3-6/h2-5,9H,8H2,1H3. The number of aryl methyl sites for hydroxylation is 1. The molecule has 0 aromatic heterocycles. The second-order valence-corrected chi connectivity index (χ2v) is 2.62. The van der Waals surface area contributed by atoms with Crippen molar-refractivity contribution in [1.82, 2.24) is 0 Å². The van der Waals surface area contributed by atoms with Crippen LogP contribution in [0, 0.1) is 6.92 Å². The van der Waals surface area contributed by atoms with E-state index in [4.69, 9.17) is 0 Å². The Bertz CT molecular complexity index is 181. The van der Waals surface area contributed by atoms with Gasteiger partial charge in [-0.1, -0.05) is 0 Å². The van der Waals surface area contributed by atoms with Gasteiger partial charge < -0.3 is 0 Å². The summed E-state index contributed by atoms with van der Waals surface area (Å²) in [6, 6.07) is 8.36. The monoisotopic (exact) mass is 183 g/mol. The molecule has 0 spiro atoms. The molecule has 1 N–H and O–H groups in total. The van der Waals surface area contributed by atoms with Crippen LogP contribution in [0.3, 0.4) is 0 Å². The first-order chi connectivity index (χ1) is 4.33. The summed E-state index contributed by atoms with van der Waals surface area (Å²) in [4.78, 5) is 0. The van der Waals surface area contributed by atoms with E-state index in [-0.39, 0.29) is 0 Å². The van der Waals surface area contributed by atoms with Gasteiger partial charge in [0.15, 0.2) is 0 Å². The molecule has 48 valence electrons. The van der Waals surface area contributed by atoms with Crippen LogP contribution in [0.1, 0.15) is 5.56 Å². The van der Waals surface area contributed by atoms with Crippen LogP contribution >= 0.6 is 0 Å². The third-order valence-corrected chi connectivity index (χ3v) is 1.92. The summed E-state index contributed by atoms with van der Waals surface area (Å²) in [5.41, 5.74) is 2.50. The Morgan fingerprint density at radius 2 is 1.78 bits per heavy atom. The van der Waals surface area contributed by atoms with Crippen molar-refractivity contribution in [3.05, 3.63) is 29.8 Å². The molecule has 2 heteroatoms. The van der Waals surface area contributed by atoms with Crippen molar-refractivity contribution in [3.8, 4) is 0 Å². The molecule has 0 fully saturated rings. The van der Waals surface area contributed by atoms with Crippen LogP contribution in [0.25, 0.3) is 0 Å². The van der Waals surface area contributed by atoms with E-state index in [1.165, 1.54) is 28.3 Å². The third-order valence-electron chi connectivity index (χ3n) is 1.22. The van der Waals surface area contributed by atoms with Gasteiger partial charge in [-0.25, -0.2) is 0 Å². The average Bonchev–Trinajstić information content (AvgIpc) is 1.90. The van der Waals surface area contributed by atoms with E-state index in [0.717, 1.165) is 0 Å². The van der Waals surface area contributed by atoms with Gasteiger partial charge in [0, 0.05) is 0 Å². The average molecular weight is 183 g/mol. The summed E-state index contributed by atoms with van der Waals surface area (Å²) in [5.74, 6) is 0. The van der Waals surface area contributed by atoms with Gasteiger partial charge in [-0.15, -0.1) is 0 Å². The molecule has 0 amide bonds. The molecule has 0 aliphatic rings. The molecule has 1 nitrogen and oxygen atoms in total. The van der Waals surface area contributed by atoms with Crippen molar-refractivity contribution in [2.24, 2.45) is 0 Å². The van der Waals surface area contributed by atoms with Gasteiger partial charge in [0.1, 0.15) is 0 Å². The van der Waals surface area contributed by atoms with E-state index < -0.39 is 0 Å². The van der Waals surface area contributed by atoms with Gasteiger partial charge in [0.2, 0.25) is 0 Å². The second-order valence-electron chi connectivity index (χ2n) is 2.01. The molecule has 9 heavy (non-hydrogen) atoms. The molecule has 1 rings (SSSR count). The fourth-order valence-electron chi connectivity index (χ4n) is 0.650. The van der Waals surface area contributed by atoms with Gasteiger partial charge >= 0.3 is 63.8 Å². The Balaban J connectivity index is 2.88. The summed E-state index contributed by atoms with van der Waals surface area (Å²) in [7, 11) is 0. The summed E-state index contributed by atoms with van der Waals surface area (Å²) >= 11 is 1.52. The van der Waals surface area contributed by atoms with Crippen molar-refractivity contribution < 1.29 is 0 Å². The molecule has 0 heterocycles. The minimum atomic E-state index is 1.20. The number of rotatable bonds is 1. The fourth-order valence-corrected chi connectivity index (χ4v) is 1.05. The number of benzene rings is 1. The van der Waals surface area contributed by atoms with Crippen molar-refractivity contribution >= 4 is 22.8 Å². The van der Waals surface area contributed by atoms with Gasteiger partial charge in [-0.3, -0.25) is 0 Å². The molecule has 0 aliphatic heterocycles. The Labute approximate surface area is 64.2 Å². The molecular weight excluding hydrogens is 173 g/mol. The van der Waals surface area contributed by atoms with Crippen molar-refractivity contribution in [3.63, 3.8) is 0 Å². The zero-order chi connectivity index (χ0) is 6.69. The van der Waals surface area contributed by atoms with Gasteiger partial charge in [0.25, 0.3) is 0 Å². The molecule has 1 unspecified atom stereocenters. The maximum atomic E-state index is 3.12. The zero-order valence-corrected chi connectivity index (χ0v) is 7.81. The van der Waals surface area contributed by atoms with Gasteiger partial charge in [-0.05, 0) is 0 Å². The van der Waals surface area contributed by atoms with Crippen molar-refractivity contribution in [2.45, 2.75) is 6.92 Å². The first kappa shape index (κ1) is 6.70. The first-order valence-corrected chi connectivity index (χ1v) is 4.07. The van der Waals surface area contributed by atoms with Crippen molar-refractivity contribution in [1.29, 1.82) is 0 Å². The molecule has 1 aromatic rings. The quantitative estimate of drug-likeness (QED) is 0.639. The van der Waals surface area contributed by atoms with E-state index in [0.29, 0.717) is 0 Å². The van der Waals surface area contributed by atoms with Crippen LogP contribution in [0.5, 0.6) is 0 Å². The summed E-state index contributed by atoms with van der Waals surface area (Å²) in [6.45, 7) is 2.09. The molecule has 1 aromatic carbocycles. The summed E-state index contributed by atoms with van der Waals surface area (Å²) in [5, 5.41) is 0. The molecule has 0 saturated heterocycles. The first-order valence-electron chi connectivity index (χ1n) is 2.86. The number of hydrogen-bond acceptors (Lipinski definition) is 1. The predicted molar refractivity (Wildman–Crippen MR) is 43.3 cm³/mol. The number of anilines is 1.